The lowest BCUT2D eigenvalue weighted by atomic mass is 10.1. The minimum Gasteiger partial charge on any atom is -0.369 e. The highest BCUT2D eigenvalue weighted by Gasteiger charge is 2.47. The standard InChI is InChI=1S/C7H10ClF6OP/c8-1-2-15-5(16,3-6(9,10)11)4-7(12,13)14/h1-4,16H2. The Morgan fingerprint density at radius 2 is 1.31 bits per heavy atom. The lowest BCUT2D eigenvalue weighted by molar-refractivity contribution is -0.203. The van der Waals surface area contributed by atoms with Gasteiger partial charge in [0.2, 0.25) is 0 Å². The summed E-state index contributed by atoms with van der Waals surface area (Å²) >= 11 is 5.15. The summed E-state index contributed by atoms with van der Waals surface area (Å²) in [4.78, 5) is 0. The van der Waals surface area contributed by atoms with E-state index in [2.05, 4.69) is 4.74 Å². The minimum atomic E-state index is -4.74. The molecule has 0 spiro atoms. The van der Waals surface area contributed by atoms with Crippen molar-refractivity contribution in [3.63, 3.8) is 0 Å². The fourth-order valence-corrected chi connectivity index (χ4v) is 1.74. The Kier molecular flexibility index (Phi) is 5.83. The first kappa shape index (κ1) is 16.3. The molecule has 16 heavy (non-hydrogen) atoms. The van der Waals surface area contributed by atoms with Gasteiger partial charge in [-0.3, -0.25) is 0 Å². The third-order valence-electron chi connectivity index (χ3n) is 1.47. The fourth-order valence-electron chi connectivity index (χ4n) is 1.08. The van der Waals surface area contributed by atoms with Gasteiger partial charge in [-0.05, 0) is 0 Å². The molecular weight excluding hydrogens is 280 g/mol. The van der Waals surface area contributed by atoms with E-state index in [0.29, 0.717) is 0 Å². The minimum absolute atomic E-state index is 0.175. The van der Waals surface area contributed by atoms with Crippen molar-refractivity contribution in [3.8, 4) is 0 Å². The van der Waals surface area contributed by atoms with Gasteiger partial charge in [0, 0.05) is 5.88 Å². The molecule has 0 bridgehead atoms. The predicted molar refractivity (Wildman–Crippen MR) is 50.5 cm³/mol. The first-order valence-corrected chi connectivity index (χ1v) is 5.21. The highest BCUT2D eigenvalue weighted by Crippen LogP contribution is 2.42. The molecule has 0 rings (SSSR count). The molecule has 1 nitrogen and oxygen atoms in total. The highest BCUT2D eigenvalue weighted by molar-refractivity contribution is 7.18. The number of ether oxygens (including phenoxy) is 1. The first-order valence-electron chi connectivity index (χ1n) is 4.10. The van der Waals surface area contributed by atoms with Gasteiger partial charge in [0.05, 0.1) is 24.8 Å². The smallest absolute Gasteiger partial charge is 0.369 e. The van der Waals surface area contributed by atoms with Gasteiger partial charge in [0.25, 0.3) is 0 Å². The van der Waals surface area contributed by atoms with E-state index in [1.165, 1.54) is 9.24 Å². The van der Waals surface area contributed by atoms with Crippen LogP contribution in [0.5, 0.6) is 0 Å². The van der Waals surface area contributed by atoms with Gasteiger partial charge in [-0.1, -0.05) is 0 Å². The third kappa shape index (κ3) is 8.42. The second-order valence-electron chi connectivity index (χ2n) is 3.19. The van der Waals surface area contributed by atoms with E-state index in [1.807, 2.05) is 0 Å². The van der Waals surface area contributed by atoms with Gasteiger partial charge in [0.1, 0.15) is 0 Å². The molecule has 0 radical (unpaired) electrons. The number of hydrogen-bond acceptors (Lipinski definition) is 1. The topological polar surface area (TPSA) is 9.23 Å². The van der Waals surface area contributed by atoms with E-state index in [1.54, 1.807) is 0 Å². The number of hydrogen-bond donors (Lipinski definition) is 0. The van der Waals surface area contributed by atoms with E-state index in [-0.39, 0.29) is 12.5 Å². The first-order chi connectivity index (χ1) is 6.97. The number of rotatable bonds is 5. The maximum Gasteiger partial charge on any atom is 0.392 e. The van der Waals surface area contributed by atoms with Crippen LogP contribution in [-0.2, 0) is 4.74 Å². The van der Waals surface area contributed by atoms with E-state index in [4.69, 9.17) is 11.6 Å². The summed E-state index contributed by atoms with van der Waals surface area (Å²) in [6.07, 6.45) is -12.9. The molecule has 1 atom stereocenters. The maximum absolute atomic E-state index is 12.1. The summed E-state index contributed by atoms with van der Waals surface area (Å²) in [5.41, 5.74) is 0. The highest BCUT2D eigenvalue weighted by atomic mass is 35.5. The molecule has 0 aromatic carbocycles. The lowest BCUT2D eigenvalue weighted by Crippen LogP contribution is -2.37. The van der Waals surface area contributed by atoms with Crippen LogP contribution in [0.25, 0.3) is 0 Å². The van der Waals surface area contributed by atoms with E-state index in [0.717, 1.165) is 0 Å². The van der Waals surface area contributed by atoms with E-state index in [9.17, 15) is 26.3 Å². The van der Waals surface area contributed by atoms with Crippen LogP contribution in [0.4, 0.5) is 26.3 Å². The van der Waals surface area contributed by atoms with Crippen LogP contribution in [0.1, 0.15) is 12.8 Å². The second-order valence-corrected chi connectivity index (χ2v) is 4.62. The molecule has 0 saturated carbocycles. The Labute approximate surface area is 95.7 Å². The molecule has 0 amide bonds. The monoisotopic (exact) mass is 290 g/mol. The average Bonchev–Trinajstić information content (AvgIpc) is 1.93. The van der Waals surface area contributed by atoms with Gasteiger partial charge < -0.3 is 4.74 Å². The summed E-state index contributed by atoms with van der Waals surface area (Å²) < 4.78 is 76.9. The van der Waals surface area contributed by atoms with Crippen molar-refractivity contribution in [3.05, 3.63) is 0 Å². The molecule has 0 aliphatic heterocycles. The Hall–Kier alpha value is 0.260. The van der Waals surface area contributed by atoms with Gasteiger partial charge in [-0.15, -0.1) is 20.8 Å². The van der Waals surface area contributed by atoms with Crippen molar-refractivity contribution in [2.24, 2.45) is 0 Å². The largest absolute Gasteiger partial charge is 0.392 e. The summed E-state index contributed by atoms with van der Waals surface area (Å²) in [6, 6.07) is 0. The Morgan fingerprint density at radius 3 is 1.56 bits per heavy atom. The van der Waals surface area contributed by atoms with E-state index < -0.39 is 30.5 Å². The molecule has 9 heteroatoms. The lowest BCUT2D eigenvalue weighted by Gasteiger charge is -2.31. The zero-order valence-electron chi connectivity index (χ0n) is 7.96. The summed E-state index contributed by atoms with van der Waals surface area (Å²) in [5, 5.41) is -2.40. The van der Waals surface area contributed by atoms with Crippen molar-refractivity contribution in [2.45, 2.75) is 30.5 Å². The molecule has 0 aromatic rings. The second kappa shape index (κ2) is 5.74. The molecule has 0 aromatic heterocycles. The normalized spacial score (nSPS) is 14.2. The average molecular weight is 291 g/mol. The van der Waals surface area contributed by atoms with Gasteiger partial charge in [-0.2, -0.15) is 26.3 Å². The van der Waals surface area contributed by atoms with Crippen molar-refractivity contribution < 1.29 is 31.1 Å². The van der Waals surface area contributed by atoms with Crippen molar-refractivity contribution in [2.75, 3.05) is 12.5 Å². The Morgan fingerprint density at radius 1 is 0.938 bits per heavy atom. The van der Waals surface area contributed by atoms with Crippen LogP contribution in [-0.4, -0.2) is 30.2 Å². The third-order valence-corrected chi connectivity index (χ3v) is 2.20. The van der Waals surface area contributed by atoms with Gasteiger partial charge >= 0.3 is 12.4 Å². The molecule has 0 aliphatic carbocycles. The molecule has 98 valence electrons. The molecule has 0 aliphatic rings. The van der Waals surface area contributed by atoms with E-state index >= 15 is 0 Å². The predicted octanol–water partition coefficient (Wildman–Crippen LogP) is 3.72. The van der Waals surface area contributed by atoms with Crippen LogP contribution in [0.3, 0.4) is 0 Å². The SMILES string of the molecule is FC(F)(F)CC(P)(CC(F)(F)F)OCCCl. The molecule has 0 saturated heterocycles. The fraction of sp³-hybridized carbons (Fsp3) is 1.00. The van der Waals surface area contributed by atoms with Gasteiger partial charge in [-0.25, -0.2) is 0 Å². The molecule has 0 fully saturated rings. The molecule has 0 N–H and O–H groups in total. The molecule has 0 heterocycles. The summed E-state index contributed by atoms with van der Waals surface area (Å²) in [6.45, 7) is -0.378. The van der Waals surface area contributed by atoms with Crippen LogP contribution >= 0.6 is 20.8 Å². The summed E-state index contributed by atoms with van der Waals surface area (Å²) in [5.74, 6) is -0.175. The van der Waals surface area contributed by atoms with Crippen molar-refractivity contribution >= 4 is 20.8 Å². The van der Waals surface area contributed by atoms with Crippen molar-refractivity contribution in [1.82, 2.24) is 0 Å². The van der Waals surface area contributed by atoms with Crippen molar-refractivity contribution in [1.29, 1.82) is 0 Å². The van der Waals surface area contributed by atoms with Crippen LogP contribution in [0.2, 0.25) is 0 Å². The van der Waals surface area contributed by atoms with Crippen LogP contribution in [0.15, 0.2) is 0 Å². The van der Waals surface area contributed by atoms with Crippen LogP contribution < -0.4 is 0 Å². The number of alkyl halides is 7. The Bertz CT molecular complexity index is 200. The molecular formula is C7H10ClF6OP. The zero-order valence-corrected chi connectivity index (χ0v) is 9.87. The molecule has 1 unspecified atom stereocenters. The van der Waals surface area contributed by atoms with Crippen LogP contribution in [0, 0.1) is 0 Å². The number of halogens is 7. The summed E-state index contributed by atoms with van der Waals surface area (Å²) in [7, 11) is 1.47. The Balaban J connectivity index is 4.61. The zero-order chi connectivity index (χ0) is 13.0. The maximum atomic E-state index is 12.1. The quantitative estimate of drug-likeness (QED) is 0.426. The van der Waals surface area contributed by atoms with Gasteiger partial charge in [0.15, 0.2) is 0 Å².